The molecule has 116 valence electrons. The first-order chi connectivity index (χ1) is 9.32. The first kappa shape index (κ1) is 17.5. The van der Waals surface area contributed by atoms with Gasteiger partial charge in [-0.3, -0.25) is 5.32 Å². The van der Waals surface area contributed by atoms with E-state index in [1.54, 1.807) is 0 Å². The topological polar surface area (TPSA) is 39.1 Å². The van der Waals surface area contributed by atoms with Gasteiger partial charge in [0, 0.05) is 12.6 Å². The first-order valence-electron chi connectivity index (χ1n) is 8.18. The zero-order chi connectivity index (χ0) is 15.2. The highest BCUT2D eigenvalue weighted by molar-refractivity contribution is 5.04. The van der Waals surface area contributed by atoms with Gasteiger partial charge in [-0.1, -0.05) is 20.8 Å². The van der Waals surface area contributed by atoms with E-state index < -0.39 is 0 Å². The smallest absolute Gasteiger partial charge is 0.105 e. The summed E-state index contributed by atoms with van der Waals surface area (Å²) in [5.41, 5.74) is 0.152. The zero-order valence-corrected chi connectivity index (χ0v) is 14.1. The van der Waals surface area contributed by atoms with E-state index in [2.05, 4.69) is 44.1 Å². The third-order valence-corrected chi connectivity index (χ3v) is 4.91. The molecule has 0 aromatic carbocycles. The van der Waals surface area contributed by atoms with Crippen molar-refractivity contribution in [1.82, 2.24) is 10.2 Å². The van der Waals surface area contributed by atoms with Gasteiger partial charge < -0.3 is 4.90 Å². The molecule has 3 nitrogen and oxygen atoms in total. The van der Waals surface area contributed by atoms with Crippen molar-refractivity contribution < 1.29 is 0 Å². The van der Waals surface area contributed by atoms with Crippen LogP contribution < -0.4 is 5.32 Å². The van der Waals surface area contributed by atoms with Crippen LogP contribution in [-0.2, 0) is 0 Å². The number of hydrogen-bond donors (Lipinski definition) is 1. The van der Waals surface area contributed by atoms with Crippen LogP contribution >= 0.6 is 0 Å². The van der Waals surface area contributed by atoms with Gasteiger partial charge in [0.2, 0.25) is 0 Å². The molecule has 0 heterocycles. The molecular weight excluding hydrogens is 246 g/mol. The van der Waals surface area contributed by atoms with Gasteiger partial charge in [0.25, 0.3) is 0 Å². The Balaban J connectivity index is 2.39. The van der Waals surface area contributed by atoms with Crippen LogP contribution in [-0.4, -0.2) is 36.6 Å². The first-order valence-corrected chi connectivity index (χ1v) is 8.18. The second-order valence-corrected chi connectivity index (χ2v) is 7.50. The summed E-state index contributed by atoms with van der Waals surface area (Å²) in [6.45, 7) is 10.9. The molecule has 1 atom stereocenters. The fourth-order valence-corrected chi connectivity index (χ4v) is 2.99. The molecule has 1 saturated carbocycles. The molecule has 0 aliphatic heterocycles. The van der Waals surface area contributed by atoms with Crippen LogP contribution in [0.5, 0.6) is 0 Å². The Morgan fingerprint density at radius 2 is 1.95 bits per heavy atom. The van der Waals surface area contributed by atoms with Gasteiger partial charge in [-0.25, -0.2) is 0 Å². The summed E-state index contributed by atoms with van der Waals surface area (Å²) in [5, 5.41) is 12.8. The van der Waals surface area contributed by atoms with E-state index in [9.17, 15) is 5.26 Å². The van der Waals surface area contributed by atoms with E-state index in [-0.39, 0.29) is 5.54 Å². The van der Waals surface area contributed by atoms with Crippen LogP contribution in [0.3, 0.4) is 0 Å². The van der Waals surface area contributed by atoms with E-state index in [1.165, 1.54) is 25.7 Å². The lowest BCUT2D eigenvalue weighted by Gasteiger charge is -2.39. The van der Waals surface area contributed by atoms with Gasteiger partial charge in [-0.2, -0.15) is 5.26 Å². The number of nitrogens with one attached hydrogen (secondary N) is 1. The predicted molar refractivity (Wildman–Crippen MR) is 85.6 cm³/mol. The molecule has 0 amide bonds. The molecule has 0 spiro atoms. The largest absolute Gasteiger partial charge is 0.303 e. The predicted octanol–water partition coefficient (Wildman–Crippen LogP) is 3.56. The van der Waals surface area contributed by atoms with E-state index >= 15 is 0 Å². The molecule has 1 rings (SSSR count). The minimum Gasteiger partial charge on any atom is -0.303 e. The molecule has 0 aromatic heterocycles. The quantitative estimate of drug-likeness (QED) is 0.774. The summed E-state index contributed by atoms with van der Waals surface area (Å²) < 4.78 is 0. The molecular formula is C17H33N3. The number of nitriles is 1. The zero-order valence-electron chi connectivity index (χ0n) is 14.1. The molecule has 0 aromatic rings. The second kappa shape index (κ2) is 7.43. The lowest BCUT2D eigenvalue weighted by molar-refractivity contribution is 0.122. The van der Waals surface area contributed by atoms with Crippen molar-refractivity contribution in [2.24, 2.45) is 5.41 Å². The van der Waals surface area contributed by atoms with Crippen molar-refractivity contribution in [2.75, 3.05) is 20.1 Å². The highest BCUT2D eigenvalue weighted by atomic mass is 15.1. The molecule has 20 heavy (non-hydrogen) atoms. The van der Waals surface area contributed by atoms with Crippen LogP contribution in [0, 0.1) is 16.7 Å². The minimum absolute atomic E-state index is 0.377. The standard InChI is InChI=1S/C17H33N3/c1-6-12-19-17(4,14-18)11-13-20(5)15-7-9-16(2,3)10-8-15/h15,19H,6-13H2,1-5H3. The van der Waals surface area contributed by atoms with Gasteiger partial charge in [-0.15, -0.1) is 0 Å². The Labute approximate surface area is 125 Å². The van der Waals surface area contributed by atoms with Gasteiger partial charge >= 0.3 is 0 Å². The lowest BCUT2D eigenvalue weighted by Crippen LogP contribution is -2.45. The summed E-state index contributed by atoms with van der Waals surface area (Å²) in [7, 11) is 2.22. The number of rotatable bonds is 7. The highest BCUT2D eigenvalue weighted by Gasteiger charge is 2.30. The monoisotopic (exact) mass is 279 g/mol. The number of hydrogen-bond acceptors (Lipinski definition) is 3. The molecule has 1 N–H and O–H groups in total. The van der Waals surface area contributed by atoms with E-state index in [1.807, 2.05) is 6.92 Å². The van der Waals surface area contributed by atoms with Gasteiger partial charge in [0.15, 0.2) is 0 Å². The van der Waals surface area contributed by atoms with Gasteiger partial charge in [0.05, 0.1) is 6.07 Å². The van der Waals surface area contributed by atoms with Crippen LogP contribution in [0.4, 0.5) is 0 Å². The van der Waals surface area contributed by atoms with Crippen LogP contribution in [0.25, 0.3) is 0 Å². The van der Waals surface area contributed by atoms with Crippen molar-refractivity contribution in [3.8, 4) is 6.07 Å². The maximum atomic E-state index is 9.37. The summed E-state index contributed by atoms with van der Waals surface area (Å²) in [6, 6.07) is 3.15. The molecule has 1 unspecified atom stereocenters. The Morgan fingerprint density at radius 1 is 1.35 bits per heavy atom. The molecule has 3 heteroatoms. The molecule has 0 saturated heterocycles. The van der Waals surface area contributed by atoms with Gasteiger partial charge in [0.1, 0.15) is 5.54 Å². The van der Waals surface area contributed by atoms with Crippen molar-refractivity contribution in [2.45, 2.75) is 77.8 Å². The SMILES string of the molecule is CCCNC(C)(C#N)CCN(C)C1CCC(C)(C)CC1. The Bertz CT molecular complexity index is 322. The van der Waals surface area contributed by atoms with E-state index in [0.717, 1.165) is 25.9 Å². The fraction of sp³-hybridized carbons (Fsp3) is 0.941. The van der Waals surface area contributed by atoms with Crippen LogP contribution in [0.15, 0.2) is 0 Å². The minimum atomic E-state index is -0.377. The highest BCUT2D eigenvalue weighted by Crippen LogP contribution is 2.36. The third kappa shape index (κ3) is 5.42. The summed E-state index contributed by atoms with van der Waals surface area (Å²) >= 11 is 0. The molecule has 0 radical (unpaired) electrons. The average Bonchev–Trinajstić information content (AvgIpc) is 2.42. The van der Waals surface area contributed by atoms with E-state index in [4.69, 9.17) is 0 Å². The van der Waals surface area contributed by atoms with Crippen molar-refractivity contribution in [3.63, 3.8) is 0 Å². The van der Waals surface area contributed by atoms with Crippen LogP contribution in [0.2, 0.25) is 0 Å². The fourth-order valence-electron chi connectivity index (χ4n) is 2.99. The van der Waals surface area contributed by atoms with Crippen molar-refractivity contribution in [3.05, 3.63) is 0 Å². The Kier molecular flexibility index (Phi) is 6.48. The second-order valence-electron chi connectivity index (χ2n) is 7.50. The maximum Gasteiger partial charge on any atom is 0.105 e. The van der Waals surface area contributed by atoms with Crippen LogP contribution in [0.1, 0.15) is 66.2 Å². The molecule has 0 bridgehead atoms. The average molecular weight is 279 g/mol. The molecule has 1 fully saturated rings. The van der Waals surface area contributed by atoms with Gasteiger partial charge in [-0.05, 0) is 64.5 Å². The van der Waals surface area contributed by atoms with E-state index in [0.29, 0.717) is 11.5 Å². The summed E-state index contributed by atoms with van der Waals surface area (Å²) in [5.74, 6) is 0. The Morgan fingerprint density at radius 3 is 2.45 bits per heavy atom. The normalized spacial score (nSPS) is 22.4. The number of nitrogens with zero attached hydrogens (tertiary/aromatic N) is 2. The third-order valence-electron chi connectivity index (χ3n) is 4.91. The summed E-state index contributed by atoms with van der Waals surface area (Å²) in [6.07, 6.45) is 7.23. The Hall–Kier alpha value is -0.590. The van der Waals surface area contributed by atoms with Crippen molar-refractivity contribution >= 4 is 0 Å². The maximum absolute atomic E-state index is 9.37. The lowest BCUT2D eigenvalue weighted by atomic mass is 9.75. The molecule has 1 aliphatic carbocycles. The summed E-state index contributed by atoms with van der Waals surface area (Å²) in [4.78, 5) is 2.47. The van der Waals surface area contributed by atoms with Crippen molar-refractivity contribution in [1.29, 1.82) is 5.26 Å². The molecule has 1 aliphatic rings.